The normalized spacial score (nSPS) is 18.0. The van der Waals surface area contributed by atoms with Crippen molar-refractivity contribution in [3.8, 4) is 22.9 Å². The number of nitrogens with one attached hydrogen (secondary N) is 1. The number of aromatic nitrogens is 2. The molecule has 0 bridgehead atoms. The fraction of sp³-hybridized carbons (Fsp3) is 0.379. The summed E-state index contributed by atoms with van der Waals surface area (Å²) in [5.74, 6) is -0.621. The van der Waals surface area contributed by atoms with E-state index in [2.05, 4.69) is 15.3 Å². The van der Waals surface area contributed by atoms with Gasteiger partial charge in [-0.1, -0.05) is 6.07 Å². The summed E-state index contributed by atoms with van der Waals surface area (Å²) in [5.41, 5.74) is 1.70. The first-order valence-electron chi connectivity index (χ1n) is 12.9. The van der Waals surface area contributed by atoms with Crippen LogP contribution in [0.1, 0.15) is 47.1 Å². The summed E-state index contributed by atoms with van der Waals surface area (Å²) in [6.07, 6.45) is 1.74. The van der Waals surface area contributed by atoms with Gasteiger partial charge in [0.15, 0.2) is 5.82 Å². The minimum Gasteiger partial charge on any atom is -0.497 e. The van der Waals surface area contributed by atoms with Crippen molar-refractivity contribution in [3.05, 3.63) is 70.5 Å². The van der Waals surface area contributed by atoms with Gasteiger partial charge in [0.05, 0.1) is 49.8 Å². The smallest absolute Gasteiger partial charge is 0.258 e. The van der Waals surface area contributed by atoms with Crippen LogP contribution in [0.5, 0.6) is 11.5 Å². The van der Waals surface area contributed by atoms with Crippen LogP contribution in [0.4, 0.5) is 8.78 Å². The molecule has 1 fully saturated rings. The molecule has 1 aliphatic heterocycles. The van der Waals surface area contributed by atoms with Crippen LogP contribution >= 0.6 is 0 Å². The molecule has 0 saturated heterocycles. The summed E-state index contributed by atoms with van der Waals surface area (Å²) in [6, 6.07) is 8.96. The number of nitrogens with zero attached hydrogens (tertiary/aromatic N) is 3. The molecular formula is C29H30F2N4O4. The Kier molecular flexibility index (Phi) is 7.45. The average molecular weight is 537 g/mol. The maximum absolute atomic E-state index is 14.7. The molecule has 2 aromatic carbocycles. The minimum absolute atomic E-state index is 0.0199. The van der Waals surface area contributed by atoms with E-state index in [0.717, 1.165) is 17.7 Å². The number of methoxy groups -OCH3 is 2. The first-order chi connectivity index (χ1) is 18.8. The third-order valence-corrected chi connectivity index (χ3v) is 7.38. The average Bonchev–Trinajstić information content (AvgIpc) is 3.21. The van der Waals surface area contributed by atoms with Crippen LogP contribution < -0.4 is 14.8 Å². The van der Waals surface area contributed by atoms with Gasteiger partial charge in [0.25, 0.3) is 5.91 Å². The zero-order chi connectivity index (χ0) is 27.7. The lowest BCUT2D eigenvalue weighted by Crippen LogP contribution is -2.39. The quantitative estimate of drug-likeness (QED) is 0.438. The molecule has 0 spiro atoms. The van der Waals surface area contributed by atoms with E-state index in [1.165, 1.54) is 6.07 Å². The van der Waals surface area contributed by atoms with Crippen LogP contribution in [-0.4, -0.2) is 47.4 Å². The Bertz CT molecular complexity index is 1400. The third kappa shape index (κ3) is 5.15. The predicted molar refractivity (Wildman–Crippen MR) is 139 cm³/mol. The van der Waals surface area contributed by atoms with Gasteiger partial charge in [-0.3, -0.25) is 9.59 Å². The highest BCUT2D eigenvalue weighted by atomic mass is 19.1. The molecule has 39 heavy (non-hydrogen) atoms. The molecule has 1 aliphatic carbocycles. The molecule has 2 aliphatic rings. The number of carbonyl (C=O) groups is 2. The number of carbonyl (C=O) groups excluding carboxylic acids is 2. The molecule has 0 radical (unpaired) electrons. The number of fused-ring (bicyclic) bond motifs is 1. The molecule has 0 atom stereocenters. The molecule has 2 amide bonds. The molecule has 204 valence electrons. The van der Waals surface area contributed by atoms with Crippen molar-refractivity contribution >= 4 is 11.8 Å². The maximum atomic E-state index is 14.7. The molecule has 8 nitrogen and oxygen atoms in total. The van der Waals surface area contributed by atoms with Gasteiger partial charge in [0.2, 0.25) is 5.91 Å². The van der Waals surface area contributed by atoms with Gasteiger partial charge in [0.1, 0.15) is 23.1 Å². The van der Waals surface area contributed by atoms with Crippen molar-refractivity contribution < 1.29 is 27.8 Å². The van der Waals surface area contributed by atoms with Crippen LogP contribution in [0.15, 0.2) is 36.4 Å². The Morgan fingerprint density at radius 2 is 1.82 bits per heavy atom. The second-order valence-electron chi connectivity index (χ2n) is 9.88. The fourth-order valence-corrected chi connectivity index (χ4v) is 5.33. The van der Waals surface area contributed by atoms with Gasteiger partial charge in [-0.2, -0.15) is 0 Å². The first kappa shape index (κ1) is 26.5. The first-order valence-corrected chi connectivity index (χ1v) is 12.9. The Morgan fingerprint density at radius 3 is 2.49 bits per heavy atom. The van der Waals surface area contributed by atoms with Crippen LogP contribution in [0.2, 0.25) is 0 Å². The van der Waals surface area contributed by atoms with Gasteiger partial charge >= 0.3 is 0 Å². The Morgan fingerprint density at radius 1 is 1.08 bits per heavy atom. The summed E-state index contributed by atoms with van der Waals surface area (Å²) in [4.78, 5) is 36.4. The largest absolute Gasteiger partial charge is 0.497 e. The number of hydrogen-bond donors (Lipinski definition) is 1. The molecule has 10 heteroatoms. The van der Waals surface area contributed by atoms with E-state index in [1.54, 1.807) is 31.3 Å². The number of benzene rings is 2. The number of halogens is 2. The topological polar surface area (TPSA) is 93.7 Å². The Hall–Kier alpha value is -4.08. The zero-order valence-electron chi connectivity index (χ0n) is 22.1. The second kappa shape index (κ2) is 11.0. The van der Waals surface area contributed by atoms with Gasteiger partial charge < -0.3 is 19.7 Å². The van der Waals surface area contributed by atoms with E-state index in [9.17, 15) is 18.4 Å². The lowest BCUT2D eigenvalue weighted by Gasteiger charge is -2.34. The van der Waals surface area contributed by atoms with Crippen molar-refractivity contribution in [1.82, 2.24) is 20.2 Å². The predicted octanol–water partition coefficient (Wildman–Crippen LogP) is 4.30. The van der Waals surface area contributed by atoms with Crippen LogP contribution in [-0.2, 0) is 24.3 Å². The van der Waals surface area contributed by atoms with E-state index in [1.807, 2.05) is 13.0 Å². The van der Waals surface area contributed by atoms with Gasteiger partial charge in [-0.15, -0.1) is 0 Å². The lowest BCUT2D eigenvalue weighted by atomic mass is 9.72. The summed E-state index contributed by atoms with van der Waals surface area (Å²) in [7, 11) is 3.11. The minimum atomic E-state index is -0.773. The van der Waals surface area contributed by atoms with Gasteiger partial charge in [0, 0.05) is 24.1 Å². The van der Waals surface area contributed by atoms with Crippen LogP contribution in [0.25, 0.3) is 11.4 Å². The van der Waals surface area contributed by atoms with E-state index in [4.69, 9.17) is 9.47 Å². The van der Waals surface area contributed by atoms with Crippen molar-refractivity contribution in [2.24, 2.45) is 11.8 Å². The van der Waals surface area contributed by atoms with Crippen LogP contribution in [0, 0.1) is 23.5 Å². The fourth-order valence-electron chi connectivity index (χ4n) is 5.33. The van der Waals surface area contributed by atoms with Crippen LogP contribution in [0.3, 0.4) is 0 Å². The summed E-state index contributed by atoms with van der Waals surface area (Å²) >= 11 is 0. The van der Waals surface area contributed by atoms with Crippen molar-refractivity contribution in [2.75, 3.05) is 20.8 Å². The SMILES string of the molecule is CCNC(=O)C1CC(Cc2nc(-c3c(F)cccc3F)nc3c2C(=O)N(Cc2ccc(OC)cc2OC)C3)C1. The van der Waals surface area contributed by atoms with Crippen molar-refractivity contribution in [1.29, 1.82) is 0 Å². The van der Waals surface area contributed by atoms with E-state index < -0.39 is 11.6 Å². The summed E-state index contributed by atoms with van der Waals surface area (Å²) < 4.78 is 40.1. The molecular weight excluding hydrogens is 506 g/mol. The van der Waals surface area contributed by atoms with E-state index >= 15 is 0 Å². The maximum Gasteiger partial charge on any atom is 0.258 e. The van der Waals surface area contributed by atoms with E-state index in [0.29, 0.717) is 54.3 Å². The standard InChI is InChI=1S/C29H30F2N4O4/c1-4-32-28(36)18-10-16(11-18)12-22-26-23(34-27(33-22)25-20(30)6-5-7-21(25)31)15-35(29(26)37)14-17-8-9-19(38-2)13-24(17)39-3/h5-9,13,16,18H,4,10-12,14-15H2,1-3H3,(H,32,36). The van der Waals surface area contributed by atoms with Crippen molar-refractivity contribution in [2.45, 2.75) is 39.3 Å². The molecule has 1 N–H and O–H groups in total. The molecule has 0 unspecified atom stereocenters. The molecule has 1 saturated carbocycles. The zero-order valence-corrected chi connectivity index (χ0v) is 22.1. The molecule has 5 rings (SSSR count). The van der Waals surface area contributed by atoms with E-state index in [-0.39, 0.29) is 48.1 Å². The number of ether oxygens (including phenoxy) is 2. The Balaban J connectivity index is 1.47. The van der Waals surface area contributed by atoms with Crippen molar-refractivity contribution in [3.63, 3.8) is 0 Å². The lowest BCUT2D eigenvalue weighted by molar-refractivity contribution is -0.128. The summed E-state index contributed by atoms with van der Waals surface area (Å²) in [5, 5.41) is 2.84. The molecule has 3 aromatic rings. The third-order valence-electron chi connectivity index (χ3n) is 7.38. The molecule has 2 heterocycles. The highest BCUT2D eigenvalue weighted by Gasteiger charge is 2.38. The molecule has 1 aromatic heterocycles. The number of amides is 2. The van der Waals surface area contributed by atoms with Gasteiger partial charge in [-0.25, -0.2) is 18.7 Å². The number of hydrogen-bond acceptors (Lipinski definition) is 6. The Labute approximate surface area is 225 Å². The highest BCUT2D eigenvalue weighted by molar-refractivity contribution is 5.99. The summed E-state index contributed by atoms with van der Waals surface area (Å²) in [6.45, 7) is 2.85. The second-order valence-corrected chi connectivity index (χ2v) is 9.88. The number of rotatable bonds is 9. The highest BCUT2D eigenvalue weighted by Crippen LogP contribution is 2.39. The monoisotopic (exact) mass is 536 g/mol. The van der Waals surface area contributed by atoms with Gasteiger partial charge in [-0.05, 0) is 56.4 Å².